The number of nitrogens with zero attached hydrogens (tertiary/aromatic N) is 2. The first-order valence-electron chi connectivity index (χ1n) is 20.1. The van der Waals surface area contributed by atoms with E-state index in [1.54, 1.807) is 39.2 Å². The van der Waals surface area contributed by atoms with Crippen LogP contribution in [0.2, 0.25) is 0 Å². The summed E-state index contributed by atoms with van der Waals surface area (Å²) >= 11 is 0. The molecule has 0 bridgehead atoms. The molecule has 0 spiro atoms. The van der Waals surface area contributed by atoms with Crippen molar-refractivity contribution < 1.29 is 110 Å². The number of rotatable bonds is 27. The molecule has 2 aliphatic rings. The van der Waals surface area contributed by atoms with Gasteiger partial charge in [-0.1, -0.05) is 6.08 Å². The summed E-state index contributed by atoms with van der Waals surface area (Å²) in [6.07, 6.45) is 6.55. The van der Waals surface area contributed by atoms with Crippen molar-refractivity contribution in [2.45, 2.75) is 85.8 Å². The molecule has 2 aromatic carbocycles. The third kappa shape index (κ3) is 15.2. The molecule has 24 heteroatoms. The number of carboxylic acids is 1. The Hall–Kier alpha value is -2.62. The van der Waals surface area contributed by atoms with Gasteiger partial charge in [0.1, 0.15) is 6.54 Å². The van der Waals surface area contributed by atoms with Crippen LogP contribution in [0, 0.1) is 0 Å². The van der Waals surface area contributed by atoms with E-state index in [4.69, 9.17) is 14.2 Å². The Labute approximate surface area is 397 Å². The molecule has 4 rings (SSSR count). The Kier molecular flexibility index (Phi) is 20.4. The quantitative estimate of drug-likeness (QED) is 0.0366. The number of ether oxygens (including phenoxy) is 3. The van der Waals surface area contributed by atoms with E-state index in [0.717, 1.165) is 0 Å². The van der Waals surface area contributed by atoms with Crippen LogP contribution in [0.25, 0.3) is 0 Å². The summed E-state index contributed by atoms with van der Waals surface area (Å²) in [4.78, 5) is 12.3. The molecule has 0 amide bonds. The maximum absolute atomic E-state index is 12.4. The normalized spacial score (nSPS) is 19.7. The average molecular weight is 989 g/mol. The van der Waals surface area contributed by atoms with E-state index in [1.807, 2.05) is 9.48 Å². The Balaban J connectivity index is 0.0000109. The summed E-state index contributed by atoms with van der Waals surface area (Å²) in [5, 5.41) is 9.18. The molecule has 2 unspecified atom stereocenters. The Morgan fingerprint density at radius 2 is 1.27 bits per heavy atom. The largest absolute Gasteiger partial charge is 1.00 e. The maximum Gasteiger partial charge on any atom is 1.00 e. The molecule has 19 nitrogen and oxygen atoms in total. The fourth-order valence-electron chi connectivity index (χ4n) is 8.18. The molecule has 2 aromatic rings. The van der Waals surface area contributed by atoms with E-state index >= 15 is 0 Å². The van der Waals surface area contributed by atoms with Crippen molar-refractivity contribution in [2.75, 3.05) is 69.6 Å². The van der Waals surface area contributed by atoms with Crippen LogP contribution in [0.1, 0.15) is 76.3 Å². The minimum Gasteiger partial charge on any atom is -0.481 e. The number of hydrogen-bond acceptors (Lipinski definition) is 13. The number of aliphatic carboxylic acids is 1. The monoisotopic (exact) mass is 988 g/mol. The number of unbranched alkanes of at least 4 members (excludes halogenated alkanes) is 2. The minimum atomic E-state index is -4.69. The summed E-state index contributed by atoms with van der Waals surface area (Å²) in [6.45, 7) is 5.50. The second-order valence-corrected chi connectivity index (χ2v) is 21.8. The molecule has 0 fully saturated rings. The van der Waals surface area contributed by atoms with Crippen LogP contribution in [0.3, 0.4) is 0 Å². The smallest absolute Gasteiger partial charge is 0.481 e. The van der Waals surface area contributed by atoms with E-state index in [2.05, 4.69) is 0 Å². The average Bonchev–Trinajstić information content (AvgIpc) is 3.53. The van der Waals surface area contributed by atoms with Gasteiger partial charge in [0.25, 0.3) is 40.5 Å². The van der Waals surface area contributed by atoms with Crippen LogP contribution in [-0.2, 0) is 70.3 Å². The third-order valence-electron chi connectivity index (χ3n) is 11.2. The van der Waals surface area contributed by atoms with E-state index in [1.165, 1.54) is 36.4 Å². The third-order valence-corrected chi connectivity index (χ3v) is 14.5. The number of methoxy groups -OCH3 is 1. The zero-order chi connectivity index (χ0) is 46.9. The Bertz CT molecular complexity index is 2530. The van der Waals surface area contributed by atoms with Gasteiger partial charge in [0.05, 0.1) is 59.7 Å². The van der Waals surface area contributed by atoms with Gasteiger partial charge in [0.15, 0.2) is 5.71 Å². The number of anilines is 1. The van der Waals surface area contributed by atoms with Crippen molar-refractivity contribution in [3.63, 3.8) is 0 Å². The van der Waals surface area contributed by atoms with Crippen LogP contribution >= 0.6 is 0 Å². The Morgan fingerprint density at radius 3 is 1.83 bits per heavy atom. The first-order chi connectivity index (χ1) is 29.3. The van der Waals surface area contributed by atoms with Gasteiger partial charge in [0, 0.05) is 61.0 Å². The van der Waals surface area contributed by atoms with Crippen molar-refractivity contribution in [1.29, 1.82) is 0 Å². The minimum absolute atomic E-state index is 0. The molecule has 0 saturated carbocycles. The molecule has 2 atom stereocenters. The summed E-state index contributed by atoms with van der Waals surface area (Å²) in [7, 11) is -16.6. The zero-order valence-corrected chi connectivity index (χ0v) is 41.6. The molecule has 0 aliphatic carbocycles. The van der Waals surface area contributed by atoms with Gasteiger partial charge >= 0.3 is 35.5 Å². The van der Waals surface area contributed by atoms with Gasteiger partial charge in [-0.15, -0.1) is 0 Å². The van der Waals surface area contributed by atoms with Gasteiger partial charge in [-0.25, -0.2) is 0 Å². The van der Waals surface area contributed by atoms with Crippen molar-refractivity contribution in [3.8, 4) is 0 Å². The summed E-state index contributed by atoms with van der Waals surface area (Å²) in [6, 6.07) is 8.14. The van der Waals surface area contributed by atoms with Crippen molar-refractivity contribution in [2.24, 2.45) is 0 Å². The van der Waals surface area contributed by atoms with Crippen molar-refractivity contribution in [3.05, 3.63) is 71.5 Å². The fourth-order valence-corrected chi connectivity index (χ4v) is 10.2. The first-order valence-corrected chi connectivity index (χ1v) is 26.2. The van der Waals surface area contributed by atoms with Crippen LogP contribution in [0.15, 0.2) is 70.1 Å². The Morgan fingerprint density at radius 1 is 0.719 bits per heavy atom. The van der Waals surface area contributed by atoms with E-state index in [0.29, 0.717) is 72.9 Å². The number of carbonyl (C=O) groups is 1. The van der Waals surface area contributed by atoms with Crippen LogP contribution < -0.4 is 34.5 Å². The van der Waals surface area contributed by atoms with Gasteiger partial charge in [-0.05, 0) is 94.3 Å². The molecule has 64 heavy (non-hydrogen) atoms. The van der Waals surface area contributed by atoms with Crippen molar-refractivity contribution >= 4 is 63.5 Å². The summed E-state index contributed by atoms with van der Waals surface area (Å²) < 4.78 is 154. The van der Waals surface area contributed by atoms with Crippen LogP contribution in [-0.4, -0.2) is 138 Å². The molecular weight excluding hydrogens is 932 g/mol. The zero-order valence-electron chi connectivity index (χ0n) is 36.4. The summed E-state index contributed by atoms with van der Waals surface area (Å²) in [5.74, 6) is -2.15. The first kappa shape index (κ1) is 55.7. The predicted octanol–water partition coefficient (Wildman–Crippen LogP) is 1.42. The summed E-state index contributed by atoms with van der Waals surface area (Å²) in [5.41, 5.74) is 0.818. The number of fused-ring (bicyclic) bond motifs is 2. The molecule has 5 N–H and O–H groups in total. The van der Waals surface area contributed by atoms with E-state index in [-0.39, 0.29) is 88.0 Å². The molecular formula is C40H57N2NaO17S4+2. The van der Waals surface area contributed by atoms with Gasteiger partial charge in [-0.2, -0.15) is 38.2 Å². The molecule has 2 heterocycles. The number of benzene rings is 2. The topological polar surface area (TPSA) is 289 Å². The molecule has 0 saturated heterocycles. The molecule has 0 radical (unpaired) electrons. The second-order valence-electron chi connectivity index (χ2n) is 15.8. The van der Waals surface area contributed by atoms with Crippen molar-refractivity contribution in [1.82, 2.24) is 0 Å². The molecule has 2 aliphatic heterocycles. The van der Waals surface area contributed by atoms with Gasteiger partial charge in [0.2, 0.25) is 5.69 Å². The molecule has 0 aromatic heterocycles. The predicted molar refractivity (Wildman–Crippen MR) is 232 cm³/mol. The number of carboxylic acid groups (broad SMARTS) is 1. The maximum atomic E-state index is 12.4. The van der Waals surface area contributed by atoms with E-state index < -0.39 is 78.6 Å². The van der Waals surface area contributed by atoms with Crippen LogP contribution in [0.5, 0.6) is 0 Å². The molecule has 352 valence electrons. The van der Waals surface area contributed by atoms with E-state index in [9.17, 15) is 61.8 Å². The number of allylic oxidation sites excluding steroid dienone is 4. The fraction of sp³-hybridized carbons (Fsp3) is 0.550. The SMILES string of the molecule is COCCOCCOCCN1C(=CC=CC2=[N+](CCCCCC(=O)O)c3ccc(S(=O)(=O)O)cc3C2(C)CCCS(=O)(=O)O)C(C)(CCCS(=O)(=O)O)c2cc(S(=O)(=O)O)ccc21.[Na+]. The number of hydrogen-bond donors (Lipinski definition) is 5. The standard InChI is InChI=1S/C40H56N2O17S4.Na/c1-39(17-8-26-60(45,46)47)32-28-30(62(51,52)53)13-15-34(32)41(19-6-4-5-12-38(43)44)36(39)10-7-11-37-40(2,18-9-27-61(48,49)50)33-29-31(63(54,55)56)14-16-35(33)42(37)20-21-58-24-25-59-23-22-57-3;/h7,10-11,13-16,28-29H,4-6,8-9,12,17-27H2,1-3H3,(H4-,43,44,45,46,47,48,49,50,51,52,53,54,55,56);/q;+1/p+1. The second kappa shape index (κ2) is 23.4. The van der Waals surface area contributed by atoms with Gasteiger partial charge < -0.3 is 24.2 Å². The van der Waals surface area contributed by atoms with Gasteiger partial charge in [-0.3, -0.25) is 23.0 Å². The van der Waals surface area contributed by atoms with Crippen LogP contribution in [0.4, 0.5) is 11.4 Å².